The third kappa shape index (κ3) is 2.82. The first kappa shape index (κ1) is 13.5. The van der Waals surface area contributed by atoms with E-state index in [1.807, 2.05) is 24.3 Å². The van der Waals surface area contributed by atoms with Crippen molar-refractivity contribution in [3.8, 4) is 5.75 Å². The summed E-state index contributed by atoms with van der Waals surface area (Å²) in [5, 5.41) is 4.36. The second-order valence-electron chi connectivity index (χ2n) is 5.23. The lowest BCUT2D eigenvalue weighted by molar-refractivity contribution is 0.323. The van der Waals surface area contributed by atoms with Gasteiger partial charge in [0.1, 0.15) is 5.75 Å². The number of halogens is 1. The molecule has 0 fully saturated rings. The standard InChI is InChI=1S/C17H18ClNO/c1-12(13-6-8-15(18)9-7-13)19-10-14-11-20-17-5-3-2-4-16(14)17/h2-9,12,14,19H,10-11H2,1H3/t12-,14?/m1/s1. The summed E-state index contributed by atoms with van der Waals surface area (Å²) in [7, 11) is 0. The van der Waals surface area contributed by atoms with Crippen molar-refractivity contribution < 1.29 is 4.74 Å². The van der Waals surface area contributed by atoms with Crippen molar-refractivity contribution in [2.45, 2.75) is 18.9 Å². The fourth-order valence-electron chi connectivity index (χ4n) is 2.59. The first-order valence-corrected chi connectivity index (χ1v) is 7.32. The van der Waals surface area contributed by atoms with Crippen LogP contribution in [-0.2, 0) is 0 Å². The van der Waals surface area contributed by atoms with E-state index >= 15 is 0 Å². The van der Waals surface area contributed by atoms with Crippen molar-refractivity contribution in [2.75, 3.05) is 13.2 Å². The van der Waals surface area contributed by atoms with Gasteiger partial charge in [0.25, 0.3) is 0 Å². The summed E-state index contributed by atoms with van der Waals surface area (Å²) in [6, 6.07) is 16.6. The van der Waals surface area contributed by atoms with Gasteiger partial charge in [0.2, 0.25) is 0 Å². The van der Waals surface area contributed by atoms with Gasteiger partial charge in [-0.05, 0) is 30.7 Å². The maximum atomic E-state index is 5.92. The highest BCUT2D eigenvalue weighted by atomic mass is 35.5. The Morgan fingerprint density at radius 1 is 1.20 bits per heavy atom. The molecule has 2 atom stereocenters. The maximum Gasteiger partial charge on any atom is 0.122 e. The first-order chi connectivity index (χ1) is 9.74. The monoisotopic (exact) mass is 287 g/mol. The number of nitrogens with one attached hydrogen (secondary N) is 1. The summed E-state index contributed by atoms with van der Waals surface area (Å²) in [5.74, 6) is 1.46. The van der Waals surface area contributed by atoms with Crippen molar-refractivity contribution >= 4 is 11.6 Å². The Hall–Kier alpha value is -1.51. The molecule has 0 amide bonds. The largest absolute Gasteiger partial charge is 0.493 e. The molecule has 20 heavy (non-hydrogen) atoms. The van der Waals surface area contributed by atoms with Crippen LogP contribution < -0.4 is 10.1 Å². The van der Waals surface area contributed by atoms with Crippen LogP contribution in [0.1, 0.15) is 30.0 Å². The minimum Gasteiger partial charge on any atom is -0.493 e. The molecule has 104 valence electrons. The van der Waals surface area contributed by atoms with E-state index in [4.69, 9.17) is 16.3 Å². The molecule has 0 aliphatic carbocycles. The maximum absolute atomic E-state index is 5.92. The molecule has 1 aliphatic rings. The number of fused-ring (bicyclic) bond motifs is 1. The summed E-state index contributed by atoms with van der Waals surface area (Å²) < 4.78 is 5.71. The average Bonchev–Trinajstić information content (AvgIpc) is 2.89. The van der Waals surface area contributed by atoms with Crippen LogP contribution in [0.4, 0.5) is 0 Å². The Bertz CT molecular complexity index is 582. The second-order valence-corrected chi connectivity index (χ2v) is 5.66. The van der Waals surface area contributed by atoms with Gasteiger partial charge in [0.05, 0.1) is 6.61 Å². The van der Waals surface area contributed by atoms with E-state index in [9.17, 15) is 0 Å². The molecule has 1 heterocycles. The summed E-state index contributed by atoms with van der Waals surface area (Å²) in [6.07, 6.45) is 0. The summed E-state index contributed by atoms with van der Waals surface area (Å²) in [5.41, 5.74) is 2.56. The van der Waals surface area contributed by atoms with Crippen molar-refractivity contribution in [3.05, 3.63) is 64.7 Å². The van der Waals surface area contributed by atoms with Crippen molar-refractivity contribution in [1.29, 1.82) is 0 Å². The van der Waals surface area contributed by atoms with E-state index in [-0.39, 0.29) is 0 Å². The third-order valence-corrected chi connectivity index (χ3v) is 4.09. The Kier molecular flexibility index (Phi) is 3.95. The minimum atomic E-state index is 0.306. The molecule has 2 aromatic carbocycles. The third-order valence-electron chi connectivity index (χ3n) is 3.84. The van der Waals surface area contributed by atoms with Gasteiger partial charge < -0.3 is 10.1 Å². The normalized spacial score (nSPS) is 18.4. The van der Waals surface area contributed by atoms with Gasteiger partial charge in [-0.25, -0.2) is 0 Å². The molecule has 3 rings (SSSR count). The predicted octanol–water partition coefficient (Wildman–Crippen LogP) is 4.17. The van der Waals surface area contributed by atoms with Crippen molar-refractivity contribution in [1.82, 2.24) is 5.32 Å². The Balaban J connectivity index is 1.62. The molecular weight excluding hydrogens is 270 g/mol. The molecule has 0 radical (unpaired) electrons. The highest BCUT2D eigenvalue weighted by molar-refractivity contribution is 6.30. The molecular formula is C17H18ClNO. The van der Waals surface area contributed by atoms with Crippen LogP contribution in [0, 0.1) is 0 Å². The molecule has 1 unspecified atom stereocenters. The minimum absolute atomic E-state index is 0.306. The number of ether oxygens (including phenoxy) is 1. The van der Waals surface area contributed by atoms with E-state index < -0.39 is 0 Å². The van der Waals surface area contributed by atoms with Gasteiger partial charge in [-0.2, -0.15) is 0 Å². The Morgan fingerprint density at radius 2 is 1.95 bits per heavy atom. The fourth-order valence-corrected chi connectivity index (χ4v) is 2.71. The smallest absolute Gasteiger partial charge is 0.122 e. The molecule has 1 aliphatic heterocycles. The summed E-state index contributed by atoms with van der Waals surface area (Å²) in [4.78, 5) is 0. The van der Waals surface area contributed by atoms with Crippen LogP contribution in [0.5, 0.6) is 5.75 Å². The average molecular weight is 288 g/mol. The summed E-state index contributed by atoms with van der Waals surface area (Å²) >= 11 is 5.92. The Labute approximate surface area is 124 Å². The number of rotatable bonds is 4. The predicted molar refractivity (Wildman–Crippen MR) is 82.5 cm³/mol. The lowest BCUT2D eigenvalue weighted by Gasteiger charge is -2.17. The molecule has 0 saturated heterocycles. The van der Waals surface area contributed by atoms with E-state index in [0.29, 0.717) is 12.0 Å². The molecule has 1 N–H and O–H groups in total. The molecule has 0 saturated carbocycles. The van der Waals surface area contributed by atoms with Crippen LogP contribution >= 0.6 is 11.6 Å². The SMILES string of the molecule is C[C@@H](NCC1COc2ccccc21)c1ccc(Cl)cc1. The second kappa shape index (κ2) is 5.86. The van der Waals surface area contributed by atoms with E-state index in [1.165, 1.54) is 11.1 Å². The number of hydrogen-bond acceptors (Lipinski definition) is 2. The first-order valence-electron chi connectivity index (χ1n) is 6.94. The van der Waals surface area contributed by atoms with Crippen molar-refractivity contribution in [3.63, 3.8) is 0 Å². The zero-order valence-electron chi connectivity index (χ0n) is 11.5. The topological polar surface area (TPSA) is 21.3 Å². The molecule has 0 spiro atoms. The zero-order chi connectivity index (χ0) is 13.9. The van der Waals surface area contributed by atoms with Crippen LogP contribution in [0.15, 0.2) is 48.5 Å². The van der Waals surface area contributed by atoms with Gasteiger partial charge in [-0.3, -0.25) is 0 Å². The van der Waals surface area contributed by atoms with Gasteiger partial charge in [-0.1, -0.05) is 41.9 Å². The fraction of sp³-hybridized carbons (Fsp3) is 0.294. The number of para-hydroxylation sites is 1. The highest BCUT2D eigenvalue weighted by Crippen LogP contribution is 2.33. The number of hydrogen-bond donors (Lipinski definition) is 1. The molecule has 3 heteroatoms. The zero-order valence-corrected chi connectivity index (χ0v) is 12.2. The van der Waals surface area contributed by atoms with Gasteiger partial charge in [-0.15, -0.1) is 0 Å². The lowest BCUT2D eigenvalue weighted by atomic mass is 10.0. The van der Waals surface area contributed by atoms with Crippen LogP contribution in [0.3, 0.4) is 0 Å². The van der Waals surface area contributed by atoms with Crippen LogP contribution in [0.25, 0.3) is 0 Å². The molecule has 0 aromatic heterocycles. The van der Waals surface area contributed by atoms with Crippen LogP contribution in [-0.4, -0.2) is 13.2 Å². The lowest BCUT2D eigenvalue weighted by Crippen LogP contribution is -2.25. The Morgan fingerprint density at radius 3 is 2.75 bits per heavy atom. The molecule has 2 nitrogen and oxygen atoms in total. The van der Waals surface area contributed by atoms with E-state index in [0.717, 1.165) is 23.9 Å². The molecule has 2 aromatic rings. The summed E-state index contributed by atoms with van der Waals surface area (Å²) in [6.45, 7) is 3.85. The van der Waals surface area contributed by atoms with E-state index in [1.54, 1.807) is 0 Å². The molecule has 0 bridgehead atoms. The van der Waals surface area contributed by atoms with Gasteiger partial charge in [0, 0.05) is 29.1 Å². The highest BCUT2D eigenvalue weighted by Gasteiger charge is 2.23. The quantitative estimate of drug-likeness (QED) is 0.911. The van der Waals surface area contributed by atoms with Crippen LogP contribution in [0.2, 0.25) is 5.02 Å². The van der Waals surface area contributed by atoms with Crippen molar-refractivity contribution in [2.24, 2.45) is 0 Å². The van der Waals surface area contributed by atoms with E-state index in [2.05, 4.69) is 36.5 Å². The number of benzene rings is 2. The van der Waals surface area contributed by atoms with Gasteiger partial charge >= 0.3 is 0 Å². The van der Waals surface area contributed by atoms with Gasteiger partial charge in [0.15, 0.2) is 0 Å².